The van der Waals surface area contributed by atoms with Crippen LogP contribution >= 0.6 is 0 Å². The highest BCUT2D eigenvalue weighted by Crippen LogP contribution is 2.31. The smallest absolute Gasteiger partial charge is 0.258 e. The number of phenolic OH excluding ortho intramolecular Hbond substituents is 1. The maximum atomic E-state index is 12.5. The second-order valence-corrected chi connectivity index (χ2v) is 7.53. The normalized spacial score (nSPS) is 11.2. The molecule has 4 rings (SSSR count). The predicted octanol–water partition coefficient (Wildman–Crippen LogP) is 3.94. The highest BCUT2D eigenvalue weighted by molar-refractivity contribution is 6.03. The Balaban J connectivity index is 1.47. The number of aromatic hydroxyl groups is 1. The van der Waals surface area contributed by atoms with Crippen molar-refractivity contribution < 1.29 is 14.6 Å². The van der Waals surface area contributed by atoms with Gasteiger partial charge in [-0.2, -0.15) is 5.26 Å². The Kier molecular flexibility index (Phi) is 6.78. The predicted molar refractivity (Wildman–Crippen MR) is 129 cm³/mol. The number of nitrogens with one attached hydrogen (secondary N) is 2. The maximum Gasteiger partial charge on any atom is 0.258 e. The minimum atomic E-state index is -0.379. The minimum absolute atomic E-state index is 0.000152. The van der Waals surface area contributed by atoms with E-state index in [1.165, 1.54) is 19.5 Å². The van der Waals surface area contributed by atoms with E-state index in [9.17, 15) is 9.90 Å². The number of methoxy groups -OCH3 is 1. The monoisotopic (exact) mass is 467 g/mol. The standard InChI is InChI=1S/C25H21N7O3/c1-15(30-24-14-27-13-20(32-24)17-6-7-21(33)22(9-17)35-2)16-4-3-5-19(8-16)31-25(34)18-11-28-23(10-26)29-12-18/h3-9,11-15,33H,1-2H3,(H,30,32)(H,31,34)/t15-/m1/s1. The first kappa shape index (κ1) is 23.1. The molecular formula is C25H21N7O3. The number of carbonyl (C=O) groups excluding carboxylic acids is 1. The molecule has 2 aromatic heterocycles. The lowest BCUT2D eigenvalue weighted by atomic mass is 10.1. The molecule has 10 nitrogen and oxygen atoms in total. The van der Waals surface area contributed by atoms with Crippen molar-refractivity contribution in [3.05, 3.63) is 84.2 Å². The zero-order valence-corrected chi connectivity index (χ0v) is 18.9. The van der Waals surface area contributed by atoms with Crippen LogP contribution in [0.4, 0.5) is 11.5 Å². The lowest BCUT2D eigenvalue weighted by molar-refractivity contribution is 0.102. The third-order valence-corrected chi connectivity index (χ3v) is 5.13. The molecule has 10 heteroatoms. The van der Waals surface area contributed by atoms with Gasteiger partial charge in [0.15, 0.2) is 11.5 Å². The quantitative estimate of drug-likeness (QED) is 0.368. The topological polar surface area (TPSA) is 146 Å². The molecule has 1 amide bonds. The lowest BCUT2D eigenvalue weighted by Crippen LogP contribution is -2.14. The Morgan fingerprint density at radius 1 is 1.11 bits per heavy atom. The Bertz CT molecular complexity index is 1400. The summed E-state index contributed by atoms with van der Waals surface area (Å²) in [6.45, 7) is 1.97. The van der Waals surface area contributed by atoms with Gasteiger partial charge in [0, 0.05) is 23.6 Å². The van der Waals surface area contributed by atoms with E-state index in [-0.39, 0.29) is 29.1 Å². The Morgan fingerprint density at radius 3 is 2.66 bits per heavy atom. The molecule has 0 bridgehead atoms. The molecular weight excluding hydrogens is 446 g/mol. The number of phenols is 1. The molecule has 0 saturated carbocycles. The van der Waals surface area contributed by atoms with E-state index in [1.54, 1.807) is 36.7 Å². The molecule has 0 spiro atoms. The number of anilines is 2. The van der Waals surface area contributed by atoms with E-state index in [0.29, 0.717) is 22.9 Å². The van der Waals surface area contributed by atoms with Gasteiger partial charge in [0.1, 0.15) is 11.9 Å². The van der Waals surface area contributed by atoms with Crippen molar-refractivity contribution >= 4 is 17.4 Å². The number of ether oxygens (including phenoxy) is 1. The van der Waals surface area contributed by atoms with Gasteiger partial charge in [0.05, 0.1) is 36.8 Å². The van der Waals surface area contributed by atoms with Gasteiger partial charge in [-0.3, -0.25) is 9.78 Å². The molecule has 0 aliphatic carbocycles. The average Bonchev–Trinajstić information content (AvgIpc) is 2.89. The molecule has 0 aliphatic rings. The summed E-state index contributed by atoms with van der Waals surface area (Å²) in [7, 11) is 1.48. The molecule has 174 valence electrons. The van der Waals surface area contributed by atoms with E-state index in [1.807, 2.05) is 31.2 Å². The summed E-state index contributed by atoms with van der Waals surface area (Å²) in [6.07, 6.45) is 5.87. The van der Waals surface area contributed by atoms with Gasteiger partial charge in [0.25, 0.3) is 5.91 Å². The summed E-state index contributed by atoms with van der Waals surface area (Å²) in [4.78, 5) is 29.0. The number of carbonyl (C=O) groups is 1. The van der Waals surface area contributed by atoms with Gasteiger partial charge in [0.2, 0.25) is 5.82 Å². The van der Waals surface area contributed by atoms with Crippen molar-refractivity contribution in [2.24, 2.45) is 0 Å². The van der Waals surface area contributed by atoms with Crippen molar-refractivity contribution in [1.29, 1.82) is 5.26 Å². The van der Waals surface area contributed by atoms with Crippen LogP contribution in [-0.2, 0) is 0 Å². The maximum absolute atomic E-state index is 12.5. The summed E-state index contributed by atoms with van der Waals surface area (Å²) < 4.78 is 5.17. The Hall–Kier alpha value is -5.04. The largest absolute Gasteiger partial charge is 0.504 e. The SMILES string of the molecule is COc1cc(-c2cncc(N[C@H](C)c3cccc(NC(=O)c4cnc(C#N)nc4)c3)n2)ccc1O. The second-order valence-electron chi connectivity index (χ2n) is 7.53. The molecule has 0 saturated heterocycles. The third-order valence-electron chi connectivity index (χ3n) is 5.13. The van der Waals surface area contributed by atoms with Crippen molar-refractivity contribution in [3.8, 4) is 28.8 Å². The van der Waals surface area contributed by atoms with Crippen LogP contribution in [0.2, 0.25) is 0 Å². The first-order valence-electron chi connectivity index (χ1n) is 10.6. The fourth-order valence-corrected chi connectivity index (χ4v) is 3.31. The molecule has 4 aromatic rings. The highest BCUT2D eigenvalue weighted by Gasteiger charge is 2.12. The van der Waals surface area contributed by atoms with Gasteiger partial charge in [-0.15, -0.1) is 0 Å². The van der Waals surface area contributed by atoms with Crippen LogP contribution < -0.4 is 15.4 Å². The molecule has 1 atom stereocenters. The Morgan fingerprint density at radius 2 is 1.91 bits per heavy atom. The summed E-state index contributed by atoms with van der Waals surface area (Å²) >= 11 is 0. The number of hydrogen-bond donors (Lipinski definition) is 3. The molecule has 2 heterocycles. The fraction of sp³-hybridized carbons (Fsp3) is 0.120. The minimum Gasteiger partial charge on any atom is -0.504 e. The summed E-state index contributed by atoms with van der Waals surface area (Å²) in [5.74, 6) is 0.578. The number of nitrogens with zero attached hydrogens (tertiary/aromatic N) is 5. The van der Waals surface area contributed by atoms with Crippen LogP contribution in [0.3, 0.4) is 0 Å². The van der Waals surface area contributed by atoms with Crippen LogP contribution in [0, 0.1) is 11.3 Å². The van der Waals surface area contributed by atoms with Crippen molar-refractivity contribution in [2.75, 3.05) is 17.7 Å². The van der Waals surface area contributed by atoms with E-state index in [0.717, 1.165) is 11.1 Å². The number of aromatic nitrogens is 4. The molecule has 0 radical (unpaired) electrons. The summed E-state index contributed by atoms with van der Waals surface area (Å²) in [6, 6.07) is 14.0. The van der Waals surface area contributed by atoms with Crippen molar-refractivity contribution in [2.45, 2.75) is 13.0 Å². The molecule has 0 fully saturated rings. The number of rotatable bonds is 7. The molecule has 2 aromatic carbocycles. The zero-order valence-electron chi connectivity index (χ0n) is 18.9. The number of amides is 1. The van der Waals surface area contributed by atoms with Gasteiger partial charge < -0.3 is 20.5 Å². The van der Waals surface area contributed by atoms with Gasteiger partial charge in [-0.05, 0) is 42.8 Å². The van der Waals surface area contributed by atoms with E-state index < -0.39 is 0 Å². The summed E-state index contributed by atoms with van der Waals surface area (Å²) in [5, 5.41) is 24.7. The van der Waals surface area contributed by atoms with Crippen LogP contribution in [0.5, 0.6) is 11.5 Å². The highest BCUT2D eigenvalue weighted by atomic mass is 16.5. The molecule has 3 N–H and O–H groups in total. The summed E-state index contributed by atoms with van der Waals surface area (Å²) in [5.41, 5.74) is 3.13. The van der Waals surface area contributed by atoms with Crippen LogP contribution in [0.1, 0.15) is 34.7 Å². The van der Waals surface area contributed by atoms with Gasteiger partial charge in [-0.1, -0.05) is 12.1 Å². The first-order valence-corrected chi connectivity index (χ1v) is 10.6. The fourth-order valence-electron chi connectivity index (χ4n) is 3.31. The van der Waals surface area contributed by atoms with Crippen molar-refractivity contribution in [1.82, 2.24) is 19.9 Å². The van der Waals surface area contributed by atoms with Gasteiger partial charge >= 0.3 is 0 Å². The molecule has 35 heavy (non-hydrogen) atoms. The van der Waals surface area contributed by atoms with Gasteiger partial charge in [-0.25, -0.2) is 15.0 Å². The Labute approximate surface area is 201 Å². The third kappa shape index (κ3) is 5.48. The van der Waals surface area contributed by atoms with Crippen LogP contribution in [0.15, 0.2) is 67.3 Å². The van der Waals surface area contributed by atoms with Crippen LogP contribution in [-0.4, -0.2) is 38.1 Å². The lowest BCUT2D eigenvalue weighted by Gasteiger charge is -2.16. The average molecular weight is 467 g/mol. The molecule has 0 aliphatic heterocycles. The van der Waals surface area contributed by atoms with Crippen molar-refractivity contribution in [3.63, 3.8) is 0 Å². The van der Waals surface area contributed by atoms with E-state index in [2.05, 4.69) is 30.6 Å². The first-order chi connectivity index (χ1) is 17.0. The number of nitriles is 1. The molecule has 0 unspecified atom stereocenters. The van der Waals surface area contributed by atoms with E-state index in [4.69, 9.17) is 10.00 Å². The van der Waals surface area contributed by atoms with E-state index >= 15 is 0 Å². The zero-order chi connectivity index (χ0) is 24.8. The number of benzene rings is 2. The second kappa shape index (κ2) is 10.3. The number of hydrogen-bond acceptors (Lipinski definition) is 9. The van der Waals surface area contributed by atoms with Crippen LogP contribution in [0.25, 0.3) is 11.3 Å².